The van der Waals surface area contributed by atoms with Gasteiger partial charge >= 0.3 is 0 Å². The number of piperidine rings is 1. The lowest BCUT2D eigenvalue weighted by Crippen LogP contribution is -2.34. The topological polar surface area (TPSA) is 73.9 Å². The maximum absolute atomic E-state index is 12.0. The van der Waals surface area contributed by atoms with Crippen molar-refractivity contribution in [2.24, 2.45) is 0 Å². The molecule has 0 radical (unpaired) electrons. The van der Waals surface area contributed by atoms with Crippen LogP contribution in [-0.4, -0.2) is 34.2 Å². The molecule has 1 saturated heterocycles. The van der Waals surface area contributed by atoms with Crippen molar-refractivity contribution in [1.82, 2.24) is 20.5 Å². The van der Waals surface area contributed by atoms with Gasteiger partial charge in [0, 0.05) is 25.5 Å². The molecule has 2 aliphatic rings. The van der Waals surface area contributed by atoms with Crippen LogP contribution in [0.3, 0.4) is 0 Å². The molecule has 4 rings (SSSR count). The van der Waals surface area contributed by atoms with Gasteiger partial charge in [-0.15, -0.1) is 0 Å². The van der Waals surface area contributed by atoms with E-state index in [1.54, 1.807) is 6.20 Å². The lowest BCUT2D eigenvalue weighted by atomic mass is 9.91. The van der Waals surface area contributed by atoms with E-state index in [2.05, 4.69) is 25.4 Å². The number of hydrogen-bond acceptors (Lipinski definition) is 4. The maximum atomic E-state index is 12.0. The number of aromatic nitrogens is 3. The molecule has 0 aromatic carbocycles. The highest BCUT2D eigenvalue weighted by Crippen LogP contribution is 2.32. The van der Waals surface area contributed by atoms with Crippen molar-refractivity contribution in [3.05, 3.63) is 41.5 Å². The first-order valence-corrected chi connectivity index (χ1v) is 7.32. The number of nitrogens with one attached hydrogen (secondary N) is 2. The Labute approximate surface area is 122 Å². The number of H-pyrrole nitrogens is 1. The zero-order valence-corrected chi connectivity index (χ0v) is 11.7. The molecule has 0 unspecified atom stereocenters. The molecule has 108 valence electrons. The summed E-state index contributed by atoms with van der Waals surface area (Å²) >= 11 is 0. The number of pyridine rings is 1. The third kappa shape index (κ3) is 2.07. The largest absolute Gasteiger partial charge is 0.371 e. The molecule has 1 amide bonds. The molecule has 2 aromatic rings. The number of carbonyl (C=O) groups excluding carboxylic acids is 1. The first kappa shape index (κ1) is 12.4. The van der Waals surface area contributed by atoms with Crippen LogP contribution < -0.4 is 10.2 Å². The van der Waals surface area contributed by atoms with Crippen molar-refractivity contribution >= 4 is 11.6 Å². The minimum Gasteiger partial charge on any atom is -0.371 e. The van der Waals surface area contributed by atoms with E-state index in [4.69, 9.17) is 0 Å². The van der Waals surface area contributed by atoms with Crippen molar-refractivity contribution < 1.29 is 4.79 Å². The first-order valence-electron chi connectivity index (χ1n) is 7.32. The highest BCUT2D eigenvalue weighted by molar-refractivity contribution is 6.03. The highest BCUT2D eigenvalue weighted by Gasteiger charge is 2.28. The molecule has 2 N–H and O–H groups in total. The third-order valence-electron chi connectivity index (χ3n) is 4.48. The van der Waals surface area contributed by atoms with Crippen LogP contribution in [0.15, 0.2) is 24.7 Å². The van der Waals surface area contributed by atoms with Gasteiger partial charge in [0.1, 0.15) is 0 Å². The summed E-state index contributed by atoms with van der Waals surface area (Å²) in [5.74, 6) is 0.564. The van der Waals surface area contributed by atoms with Crippen molar-refractivity contribution in [1.29, 1.82) is 0 Å². The van der Waals surface area contributed by atoms with Crippen LogP contribution in [0.5, 0.6) is 0 Å². The number of aromatic amines is 1. The van der Waals surface area contributed by atoms with E-state index in [0.29, 0.717) is 12.5 Å². The van der Waals surface area contributed by atoms with E-state index in [1.165, 1.54) is 5.56 Å². The molecule has 0 atom stereocenters. The Balaban J connectivity index is 1.55. The molecule has 0 spiro atoms. The zero-order valence-electron chi connectivity index (χ0n) is 11.7. The van der Waals surface area contributed by atoms with Crippen LogP contribution in [-0.2, 0) is 6.54 Å². The fourth-order valence-corrected chi connectivity index (χ4v) is 3.33. The molecule has 6 nitrogen and oxygen atoms in total. The Morgan fingerprint density at radius 2 is 2.14 bits per heavy atom. The molecule has 0 aliphatic carbocycles. The summed E-state index contributed by atoms with van der Waals surface area (Å²) in [5.41, 5.74) is 3.95. The Morgan fingerprint density at radius 1 is 1.29 bits per heavy atom. The summed E-state index contributed by atoms with van der Waals surface area (Å²) < 4.78 is 0. The van der Waals surface area contributed by atoms with Crippen LogP contribution in [0.25, 0.3) is 0 Å². The van der Waals surface area contributed by atoms with Gasteiger partial charge in [-0.3, -0.25) is 14.9 Å². The van der Waals surface area contributed by atoms with Gasteiger partial charge in [-0.2, -0.15) is 5.10 Å². The van der Waals surface area contributed by atoms with Crippen LogP contribution in [0.4, 0.5) is 5.69 Å². The SMILES string of the molecule is O=C1NCc2nccc(N3CCC(c4cn[nH]c4)CC3)c21. The molecule has 1 fully saturated rings. The van der Waals surface area contributed by atoms with Crippen LogP contribution >= 0.6 is 0 Å². The molecule has 21 heavy (non-hydrogen) atoms. The molecule has 6 heteroatoms. The molecule has 0 bridgehead atoms. The molecular weight excluding hydrogens is 266 g/mol. The maximum Gasteiger partial charge on any atom is 0.255 e. The average Bonchev–Trinajstić information content (AvgIpc) is 3.18. The number of carbonyl (C=O) groups is 1. The summed E-state index contributed by atoms with van der Waals surface area (Å²) in [5, 5.41) is 9.77. The van der Waals surface area contributed by atoms with E-state index in [0.717, 1.165) is 42.9 Å². The third-order valence-corrected chi connectivity index (χ3v) is 4.48. The number of rotatable bonds is 2. The Kier molecular flexibility index (Phi) is 2.87. The smallest absolute Gasteiger partial charge is 0.255 e. The van der Waals surface area contributed by atoms with Gasteiger partial charge in [-0.25, -0.2) is 0 Å². The molecular formula is C15H17N5O. The van der Waals surface area contributed by atoms with Gasteiger partial charge in [0.25, 0.3) is 5.91 Å². The van der Waals surface area contributed by atoms with Crippen molar-refractivity contribution in [2.75, 3.05) is 18.0 Å². The van der Waals surface area contributed by atoms with Gasteiger partial charge < -0.3 is 10.2 Å². The fourth-order valence-electron chi connectivity index (χ4n) is 3.33. The second-order valence-corrected chi connectivity index (χ2v) is 5.63. The van der Waals surface area contributed by atoms with Gasteiger partial charge in [-0.1, -0.05) is 0 Å². The Bertz CT molecular complexity index is 659. The molecule has 0 saturated carbocycles. The number of anilines is 1. The number of hydrogen-bond donors (Lipinski definition) is 2. The van der Waals surface area contributed by atoms with Crippen LogP contribution in [0.2, 0.25) is 0 Å². The average molecular weight is 283 g/mol. The second-order valence-electron chi connectivity index (χ2n) is 5.63. The van der Waals surface area contributed by atoms with E-state index in [1.807, 2.05) is 18.5 Å². The van der Waals surface area contributed by atoms with Crippen molar-refractivity contribution in [3.63, 3.8) is 0 Å². The molecule has 2 aliphatic heterocycles. The first-order chi connectivity index (χ1) is 10.3. The fraction of sp³-hybridized carbons (Fsp3) is 0.400. The standard InChI is InChI=1S/C15H17N5O/c21-15-14-12(9-17-15)16-4-1-13(14)20-5-2-10(3-6-20)11-7-18-19-8-11/h1,4,7-8,10H,2-3,5-6,9H2,(H,17,21)(H,18,19). The van der Waals surface area contributed by atoms with E-state index in [9.17, 15) is 4.79 Å². The van der Waals surface area contributed by atoms with E-state index in [-0.39, 0.29) is 5.91 Å². The zero-order chi connectivity index (χ0) is 14.2. The summed E-state index contributed by atoms with van der Waals surface area (Å²) in [6, 6.07) is 1.96. The quantitative estimate of drug-likeness (QED) is 0.874. The summed E-state index contributed by atoms with van der Waals surface area (Å²) in [7, 11) is 0. The summed E-state index contributed by atoms with van der Waals surface area (Å²) in [6.07, 6.45) is 7.86. The minimum absolute atomic E-state index is 0.00468. The van der Waals surface area contributed by atoms with Crippen LogP contribution in [0.1, 0.15) is 40.4 Å². The Hall–Kier alpha value is -2.37. The van der Waals surface area contributed by atoms with Gasteiger partial charge in [0.05, 0.1) is 29.7 Å². The lowest BCUT2D eigenvalue weighted by Gasteiger charge is -2.34. The highest BCUT2D eigenvalue weighted by atomic mass is 16.1. The van der Waals surface area contributed by atoms with Gasteiger partial charge in [0.15, 0.2) is 0 Å². The van der Waals surface area contributed by atoms with Crippen LogP contribution in [0, 0.1) is 0 Å². The van der Waals surface area contributed by atoms with E-state index < -0.39 is 0 Å². The number of nitrogens with zero attached hydrogens (tertiary/aromatic N) is 3. The normalized spacial score (nSPS) is 18.7. The van der Waals surface area contributed by atoms with E-state index >= 15 is 0 Å². The molecule has 4 heterocycles. The van der Waals surface area contributed by atoms with Crippen molar-refractivity contribution in [2.45, 2.75) is 25.3 Å². The monoisotopic (exact) mass is 283 g/mol. The van der Waals surface area contributed by atoms with Gasteiger partial charge in [-0.05, 0) is 30.4 Å². The Morgan fingerprint density at radius 3 is 2.90 bits per heavy atom. The number of fused-ring (bicyclic) bond motifs is 1. The summed E-state index contributed by atoms with van der Waals surface area (Å²) in [6.45, 7) is 2.46. The number of amides is 1. The predicted molar refractivity (Wildman–Crippen MR) is 78.2 cm³/mol. The van der Waals surface area contributed by atoms with Gasteiger partial charge in [0.2, 0.25) is 0 Å². The molecule has 2 aromatic heterocycles. The second kappa shape index (κ2) is 4.87. The van der Waals surface area contributed by atoms with Crippen molar-refractivity contribution in [3.8, 4) is 0 Å². The minimum atomic E-state index is 0.00468. The lowest BCUT2D eigenvalue weighted by molar-refractivity contribution is 0.0966. The predicted octanol–water partition coefficient (Wildman–Crippen LogP) is 1.43. The summed E-state index contributed by atoms with van der Waals surface area (Å²) in [4.78, 5) is 18.6.